The lowest BCUT2D eigenvalue weighted by molar-refractivity contribution is 0.0787. The third-order valence-corrected chi connectivity index (χ3v) is 3.73. The molecule has 0 bridgehead atoms. The van der Waals surface area contributed by atoms with Crippen LogP contribution in [0.5, 0.6) is 0 Å². The molecule has 0 aliphatic heterocycles. The predicted octanol–water partition coefficient (Wildman–Crippen LogP) is 3.01. The highest BCUT2D eigenvalue weighted by Gasteiger charge is 2.21. The predicted molar refractivity (Wildman–Crippen MR) is 75.3 cm³/mol. The van der Waals surface area contributed by atoms with Gasteiger partial charge in [-0.3, -0.25) is 4.98 Å². The van der Waals surface area contributed by atoms with Crippen LogP contribution in [0.15, 0.2) is 18.3 Å². The summed E-state index contributed by atoms with van der Waals surface area (Å²) in [6.45, 7) is 7.14. The highest BCUT2D eigenvalue weighted by molar-refractivity contribution is 5.08. The van der Waals surface area contributed by atoms with E-state index in [9.17, 15) is 9.50 Å². The first kappa shape index (κ1) is 16.1. The third kappa shape index (κ3) is 4.55. The molecule has 19 heavy (non-hydrogen) atoms. The van der Waals surface area contributed by atoms with Gasteiger partial charge < -0.3 is 10.0 Å². The van der Waals surface area contributed by atoms with E-state index in [1.54, 1.807) is 6.07 Å². The lowest BCUT2D eigenvalue weighted by Crippen LogP contribution is -2.35. The van der Waals surface area contributed by atoms with E-state index in [4.69, 9.17) is 0 Å². The molecule has 1 aromatic heterocycles. The van der Waals surface area contributed by atoms with Crippen LogP contribution in [-0.2, 0) is 0 Å². The van der Waals surface area contributed by atoms with Gasteiger partial charge in [-0.2, -0.15) is 0 Å². The van der Waals surface area contributed by atoms with Crippen LogP contribution >= 0.6 is 0 Å². The van der Waals surface area contributed by atoms with Crippen LogP contribution in [0.4, 0.5) is 4.39 Å². The average molecular weight is 268 g/mol. The molecule has 108 valence electrons. The number of hydrogen-bond donors (Lipinski definition) is 1. The fourth-order valence-electron chi connectivity index (χ4n) is 2.47. The van der Waals surface area contributed by atoms with Gasteiger partial charge in [0.15, 0.2) is 0 Å². The first-order valence-corrected chi connectivity index (χ1v) is 6.99. The Labute approximate surface area is 115 Å². The lowest BCUT2D eigenvalue weighted by Gasteiger charge is -2.30. The zero-order valence-corrected chi connectivity index (χ0v) is 12.3. The Balaban J connectivity index is 2.61. The van der Waals surface area contributed by atoms with E-state index in [1.807, 2.05) is 6.92 Å². The summed E-state index contributed by atoms with van der Waals surface area (Å²) in [5.74, 6) is -0.318. The van der Waals surface area contributed by atoms with Crippen molar-refractivity contribution >= 4 is 0 Å². The smallest absolute Gasteiger partial charge is 0.141 e. The Morgan fingerprint density at radius 3 is 2.42 bits per heavy atom. The Bertz CT molecular complexity index is 365. The Morgan fingerprint density at radius 1 is 1.32 bits per heavy atom. The topological polar surface area (TPSA) is 36.4 Å². The summed E-state index contributed by atoms with van der Waals surface area (Å²) in [7, 11) is 2.08. The lowest BCUT2D eigenvalue weighted by atomic mass is 9.99. The molecule has 2 atom stereocenters. The summed E-state index contributed by atoms with van der Waals surface area (Å²) in [5.41, 5.74) is 0.534. The number of pyridine rings is 1. The molecule has 1 N–H and O–H groups in total. The van der Waals surface area contributed by atoms with E-state index in [-0.39, 0.29) is 11.7 Å². The van der Waals surface area contributed by atoms with Gasteiger partial charge >= 0.3 is 0 Å². The molecule has 0 amide bonds. The van der Waals surface area contributed by atoms with Gasteiger partial charge in [-0.15, -0.1) is 0 Å². The molecule has 0 saturated carbocycles. The van der Waals surface area contributed by atoms with Crippen LogP contribution < -0.4 is 0 Å². The summed E-state index contributed by atoms with van der Waals surface area (Å²) in [4.78, 5) is 6.22. The minimum atomic E-state index is -0.655. The molecule has 3 nitrogen and oxygen atoms in total. The van der Waals surface area contributed by atoms with Crippen molar-refractivity contribution in [2.45, 2.75) is 45.8 Å². The average Bonchev–Trinajstić information content (AvgIpc) is 2.40. The Morgan fingerprint density at radius 2 is 1.95 bits per heavy atom. The number of aliphatic hydroxyl groups is 1. The van der Waals surface area contributed by atoms with Gasteiger partial charge in [-0.25, -0.2) is 4.39 Å². The fourth-order valence-corrected chi connectivity index (χ4v) is 2.47. The van der Waals surface area contributed by atoms with Crippen molar-refractivity contribution in [1.82, 2.24) is 9.88 Å². The van der Waals surface area contributed by atoms with E-state index in [2.05, 4.69) is 30.8 Å². The molecule has 1 heterocycles. The van der Waals surface area contributed by atoms with Gasteiger partial charge in [-0.1, -0.05) is 20.8 Å². The van der Waals surface area contributed by atoms with Crippen LogP contribution in [0, 0.1) is 11.7 Å². The van der Waals surface area contributed by atoms with E-state index in [0.717, 1.165) is 25.6 Å². The van der Waals surface area contributed by atoms with Crippen molar-refractivity contribution in [3.8, 4) is 0 Å². The number of rotatable bonds is 7. The Hall–Kier alpha value is -1.00. The van der Waals surface area contributed by atoms with Crippen molar-refractivity contribution in [2.24, 2.45) is 5.92 Å². The Kier molecular flexibility index (Phi) is 6.38. The second-order valence-corrected chi connectivity index (χ2v) is 5.23. The first-order valence-electron chi connectivity index (χ1n) is 6.99. The summed E-state index contributed by atoms with van der Waals surface area (Å²) in [6, 6.07) is 3.42. The molecular weight excluding hydrogens is 243 g/mol. The van der Waals surface area contributed by atoms with E-state index in [0.29, 0.717) is 11.7 Å². The van der Waals surface area contributed by atoms with E-state index < -0.39 is 6.10 Å². The van der Waals surface area contributed by atoms with Crippen LogP contribution in [0.3, 0.4) is 0 Å². The molecule has 1 aromatic rings. The summed E-state index contributed by atoms with van der Waals surface area (Å²) >= 11 is 0. The van der Waals surface area contributed by atoms with E-state index in [1.165, 1.54) is 6.07 Å². The zero-order valence-electron chi connectivity index (χ0n) is 12.3. The molecule has 0 fully saturated rings. The standard InChI is InChI=1S/C15H25FN2O/c1-5-13(6-2)18(4)10-11(3)15(19)14-8-7-12(16)9-17-14/h7-9,11,13,15,19H,5-6,10H2,1-4H3. The molecule has 0 radical (unpaired) electrons. The van der Waals surface area contributed by atoms with Crippen LogP contribution in [0.25, 0.3) is 0 Å². The van der Waals surface area contributed by atoms with Crippen molar-refractivity contribution in [1.29, 1.82) is 0 Å². The molecule has 0 aromatic carbocycles. The number of aromatic nitrogens is 1. The molecule has 0 saturated heterocycles. The van der Waals surface area contributed by atoms with Crippen molar-refractivity contribution < 1.29 is 9.50 Å². The van der Waals surface area contributed by atoms with Crippen LogP contribution in [0.2, 0.25) is 0 Å². The van der Waals surface area contributed by atoms with E-state index >= 15 is 0 Å². The van der Waals surface area contributed by atoms with Crippen LogP contribution in [-0.4, -0.2) is 34.6 Å². The van der Waals surface area contributed by atoms with Crippen molar-refractivity contribution in [3.63, 3.8) is 0 Å². The molecule has 0 aliphatic rings. The minimum absolute atomic E-state index is 0.0589. The molecule has 0 aliphatic carbocycles. The third-order valence-electron chi connectivity index (χ3n) is 3.73. The second-order valence-electron chi connectivity index (χ2n) is 5.23. The van der Waals surface area contributed by atoms with Crippen molar-refractivity contribution in [3.05, 3.63) is 29.8 Å². The maximum Gasteiger partial charge on any atom is 0.141 e. The number of nitrogens with zero attached hydrogens (tertiary/aromatic N) is 2. The van der Waals surface area contributed by atoms with Crippen molar-refractivity contribution in [2.75, 3.05) is 13.6 Å². The van der Waals surface area contributed by atoms with Gasteiger partial charge in [0, 0.05) is 18.5 Å². The largest absolute Gasteiger partial charge is 0.386 e. The summed E-state index contributed by atoms with van der Waals surface area (Å²) in [6.07, 6.45) is 2.70. The number of halogens is 1. The second kappa shape index (κ2) is 7.56. The molecular formula is C15H25FN2O. The van der Waals surface area contributed by atoms with Gasteiger partial charge in [0.1, 0.15) is 5.82 Å². The minimum Gasteiger partial charge on any atom is -0.386 e. The van der Waals surface area contributed by atoms with Crippen LogP contribution in [0.1, 0.15) is 45.4 Å². The molecule has 4 heteroatoms. The molecule has 1 rings (SSSR count). The zero-order chi connectivity index (χ0) is 14.4. The van der Waals surface area contributed by atoms with Gasteiger partial charge in [0.25, 0.3) is 0 Å². The van der Waals surface area contributed by atoms with Gasteiger partial charge in [0.2, 0.25) is 0 Å². The highest BCUT2D eigenvalue weighted by Crippen LogP contribution is 2.22. The highest BCUT2D eigenvalue weighted by atomic mass is 19.1. The summed E-state index contributed by atoms with van der Waals surface area (Å²) in [5, 5.41) is 10.2. The summed E-state index contributed by atoms with van der Waals surface area (Å²) < 4.78 is 12.8. The fraction of sp³-hybridized carbons (Fsp3) is 0.667. The SMILES string of the molecule is CCC(CC)N(C)CC(C)C(O)c1ccc(F)cn1. The molecule has 0 spiro atoms. The normalized spacial score (nSPS) is 14.9. The quantitative estimate of drug-likeness (QED) is 0.826. The number of hydrogen-bond acceptors (Lipinski definition) is 3. The maximum atomic E-state index is 12.8. The monoisotopic (exact) mass is 268 g/mol. The van der Waals surface area contributed by atoms with Gasteiger partial charge in [-0.05, 0) is 32.0 Å². The molecule has 2 unspecified atom stereocenters. The maximum absolute atomic E-state index is 12.8. The first-order chi connectivity index (χ1) is 8.99. The number of aliphatic hydroxyl groups excluding tert-OH is 1. The van der Waals surface area contributed by atoms with Gasteiger partial charge in [0.05, 0.1) is 18.0 Å².